The highest BCUT2D eigenvalue weighted by Crippen LogP contribution is 2.23. The van der Waals surface area contributed by atoms with Gasteiger partial charge in [0.05, 0.1) is 4.88 Å². The summed E-state index contributed by atoms with van der Waals surface area (Å²) < 4.78 is 14.8. The number of ketones is 1. The van der Waals surface area contributed by atoms with E-state index in [1.165, 1.54) is 24.3 Å². The molecule has 0 bridgehead atoms. The molecule has 0 aliphatic heterocycles. The Kier molecular flexibility index (Phi) is 3.92. The summed E-state index contributed by atoms with van der Waals surface area (Å²) in [6.45, 7) is 0.559. The molecule has 3 aromatic rings. The molecule has 0 saturated heterocycles. The number of carbonyl (C=O) groups is 1. The molecule has 0 unspecified atom stereocenters. The minimum Gasteiger partial charge on any atom is -0.330 e. The van der Waals surface area contributed by atoms with E-state index in [9.17, 15) is 9.18 Å². The first kappa shape index (κ1) is 13.7. The summed E-state index contributed by atoms with van der Waals surface area (Å²) in [6.07, 6.45) is 3.96. The molecule has 2 aromatic heterocycles. The van der Waals surface area contributed by atoms with E-state index in [2.05, 4.69) is 4.98 Å². The summed E-state index contributed by atoms with van der Waals surface area (Å²) >= 11 is 1.62. The second kappa shape index (κ2) is 6.01. The second-order valence-corrected chi connectivity index (χ2v) is 5.55. The quantitative estimate of drug-likeness (QED) is 0.667. The van der Waals surface area contributed by atoms with Gasteiger partial charge in [0, 0.05) is 30.9 Å². The molecule has 0 aliphatic carbocycles. The monoisotopic (exact) mass is 300 g/mol. The van der Waals surface area contributed by atoms with Gasteiger partial charge < -0.3 is 4.57 Å². The van der Waals surface area contributed by atoms with Crippen molar-refractivity contribution in [3.05, 3.63) is 65.6 Å². The lowest BCUT2D eigenvalue weighted by Crippen LogP contribution is -2.06. The Labute approximate surface area is 125 Å². The summed E-state index contributed by atoms with van der Waals surface area (Å²) in [5.74, 6) is 0.541. The number of rotatable bonds is 5. The molecular weight excluding hydrogens is 287 g/mol. The van der Waals surface area contributed by atoms with E-state index in [-0.39, 0.29) is 11.6 Å². The number of nitrogens with zero attached hydrogens (tertiary/aromatic N) is 2. The largest absolute Gasteiger partial charge is 0.330 e. The summed E-state index contributed by atoms with van der Waals surface area (Å²) in [5, 5.41) is 2.00. The Morgan fingerprint density at radius 3 is 2.76 bits per heavy atom. The molecule has 0 amide bonds. The number of thiophene rings is 1. The van der Waals surface area contributed by atoms with Crippen molar-refractivity contribution in [2.24, 2.45) is 0 Å². The lowest BCUT2D eigenvalue weighted by molar-refractivity contribution is 0.0977. The van der Waals surface area contributed by atoms with Gasteiger partial charge in [0.2, 0.25) is 0 Å². The Bertz CT molecular complexity index is 732. The first-order chi connectivity index (χ1) is 10.2. The van der Waals surface area contributed by atoms with E-state index in [1.54, 1.807) is 17.5 Å². The van der Waals surface area contributed by atoms with Gasteiger partial charge in [-0.05, 0) is 35.7 Å². The van der Waals surface area contributed by atoms with Crippen molar-refractivity contribution >= 4 is 17.1 Å². The minimum atomic E-state index is -0.332. The van der Waals surface area contributed by atoms with Crippen molar-refractivity contribution < 1.29 is 9.18 Å². The third kappa shape index (κ3) is 3.08. The molecule has 3 rings (SSSR count). The Hall–Kier alpha value is -2.27. The maximum absolute atomic E-state index is 12.8. The number of hydrogen-bond acceptors (Lipinski definition) is 3. The lowest BCUT2D eigenvalue weighted by Gasteiger charge is -2.06. The predicted molar refractivity (Wildman–Crippen MR) is 80.9 cm³/mol. The van der Waals surface area contributed by atoms with E-state index in [0.29, 0.717) is 18.5 Å². The zero-order chi connectivity index (χ0) is 14.7. The standard InChI is InChI=1S/C16H13FN2OS/c17-13-5-3-12(4-6-13)14(20)7-9-19-10-8-18-16(19)15-2-1-11-21-15/h1-6,8,10-11H,7,9H2. The zero-order valence-corrected chi connectivity index (χ0v) is 12.0. The van der Waals surface area contributed by atoms with Crippen molar-refractivity contribution in [3.63, 3.8) is 0 Å². The smallest absolute Gasteiger partial charge is 0.164 e. The van der Waals surface area contributed by atoms with E-state index < -0.39 is 0 Å². The van der Waals surface area contributed by atoms with Gasteiger partial charge in [-0.3, -0.25) is 4.79 Å². The molecular formula is C16H13FN2OS. The summed E-state index contributed by atoms with van der Waals surface area (Å²) in [6, 6.07) is 9.63. The summed E-state index contributed by atoms with van der Waals surface area (Å²) in [7, 11) is 0. The van der Waals surface area contributed by atoms with Crippen LogP contribution in [0, 0.1) is 5.82 Å². The SMILES string of the molecule is O=C(CCn1ccnc1-c1cccs1)c1ccc(F)cc1. The average Bonchev–Trinajstić information content (AvgIpc) is 3.16. The Morgan fingerprint density at radius 2 is 2.05 bits per heavy atom. The van der Waals surface area contributed by atoms with Crippen molar-refractivity contribution in [2.75, 3.05) is 0 Å². The molecule has 0 aliphatic rings. The van der Waals surface area contributed by atoms with Crippen LogP contribution in [-0.2, 0) is 6.54 Å². The highest BCUT2D eigenvalue weighted by atomic mass is 32.1. The van der Waals surface area contributed by atoms with Gasteiger partial charge >= 0.3 is 0 Å². The van der Waals surface area contributed by atoms with Crippen LogP contribution in [0.25, 0.3) is 10.7 Å². The number of halogens is 1. The van der Waals surface area contributed by atoms with E-state index in [0.717, 1.165) is 10.7 Å². The number of aryl methyl sites for hydroxylation is 1. The third-order valence-corrected chi connectivity index (χ3v) is 4.07. The average molecular weight is 300 g/mol. The molecule has 0 N–H and O–H groups in total. The van der Waals surface area contributed by atoms with Gasteiger partial charge in [-0.2, -0.15) is 0 Å². The zero-order valence-electron chi connectivity index (χ0n) is 11.2. The summed E-state index contributed by atoms with van der Waals surface area (Å²) in [4.78, 5) is 17.5. The molecule has 0 fully saturated rings. The topological polar surface area (TPSA) is 34.9 Å². The highest BCUT2D eigenvalue weighted by Gasteiger charge is 2.10. The fourth-order valence-corrected chi connectivity index (χ4v) is 2.86. The van der Waals surface area contributed by atoms with Crippen LogP contribution < -0.4 is 0 Å². The fourth-order valence-electron chi connectivity index (χ4n) is 2.12. The van der Waals surface area contributed by atoms with Crippen molar-refractivity contribution in [2.45, 2.75) is 13.0 Å². The van der Waals surface area contributed by atoms with Crippen LogP contribution in [-0.4, -0.2) is 15.3 Å². The van der Waals surface area contributed by atoms with E-state index in [1.807, 2.05) is 28.3 Å². The molecule has 0 atom stereocenters. The number of benzene rings is 1. The van der Waals surface area contributed by atoms with Crippen LogP contribution in [0.2, 0.25) is 0 Å². The molecule has 2 heterocycles. The first-order valence-electron chi connectivity index (χ1n) is 6.58. The number of imidazole rings is 1. The highest BCUT2D eigenvalue weighted by molar-refractivity contribution is 7.13. The normalized spacial score (nSPS) is 10.7. The molecule has 5 heteroatoms. The maximum atomic E-state index is 12.8. The van der Waals surface area contributed by atoms with Crippen LogP contribution in [0.4, 0.5) is 4.39 Å². The van der Waals surface area contributed by atoms with Crippen molar-refractivity contribution in [3.8, 4) is 10.7 Å². The Balaban J connectivity index is 1.70. The second-order valence-electron chi connectivity index (χ2n) is 4.60. The molecule has 1 aromatic carbocycles. The van der Waals surface area contributed by atoms with Crippen LogP contribution in [0.1, 0.15) is 16.8 Å². The van der Waals surface area contributed by atoms with Crippen LogP contribution in [0.15, 0.2) is 54.2 Å². The van der Waals surface area contributed by atoms with Gasteiger partial charge in [-0.1, -0.05) is 6.07 Å². The minimum absolute atomic E-state index is 0.000768. The van der Waals surface area contributed by atoms with Crippen molar-refractivity contribution in [1.82, 2.24) is 9.55 Å². The van der Waals surface area contributed by atoms with Gasteiger partial charge in [0.1, 0.15) is 11.6 Å². The van der Waals surface area contributed by atoms with Gasteiger partial charge in [-0.25, -0.2) is 9.37 Å². The maximum Gasteiger partial charge on any atom is 0.164 e. The number of aromatic nitrogens is 2. The fraction of sp³-hybridized carbons (Fsp3) is 0.125. The number of carbonyl (C=O) groups excluding carboxylic acids is 1. The summed E-state index contributed by atoms with van der Waals surface area (Å²) in [5.41, 5.74) is 0.536. The van der Waals surface area contributed by atoms with Crippen LogP contribution in [0.5, 0.6) is 0 Å². The van der Waals surface area contributed by atoms with Gasteiger partial charge in [0.15, 0.2) is 5.78 Å². The predicted octanol–water partition coefficient (Wildman–Crippen LogP) is 4.02. The first-order valence-corrected chi connectivity index (χ1v) is 7.46. The molecule has 106 valence electrons. The van der Waals surface area contributed by atoms with Crippen LogP contribution in [0.3, 0.4) is 0 Å². The van der Waals surface area contributed by atoms with E-state index >= 15 is 0 Å². The molecule has 0 saturated carbocycles. The Morgan fingerprint density at radius 1 is 1.24 bits per heavy atom. The molecule has 0 spiro atoms. The molecule has 0 radical (unpaired) electrons. The number of hydrogen-bond donors (Lipinski definition) is 0. The van der Waals surface area contributed by atoms with Crippen molar-refractivity contribution in [1.29, 1.82) is 0 Å². The van der Waals surface area contributed by atoms with Crippen LogP contribution >= 0.6 is 11.3 Å². The lowest BCUT2D eigenvalue weighted by atomic mass is 10.1. The molecule has 21 heavy (non-hydrogen) atoms. The third-order valence-electron chi connectivity index (χ3n) is 3.20. The van der Waals surface area contributed by atoms with Gasteiger partial charge in [-0.15, -0.1) is 11.3 Å². The molecule has 3 nitrogen and oxygen atoms in total. The van der Waals surface area contributed by atoms with E-state index in [4.69, 9.17) is 0 Å². The van der Waals surface area contributed by atoms with Gasteiger partial charge in [0.25, 0.3) is 0 Å². The number of Topliss-reactive ketones (excluding diaryl/α,β-unsaturated/α-hetero) is 1.